The molecule has 0 atom stereocenters. The monoisotopic (exact) mass is 442 g/mol. The first-order valence-corrected chi connectivity index (χ1v) is 12.9. The fourth-order valence-electron chi connectivity index (χ4n) is 3.93. The summed E-state index contributed by atoms with van der Waals surface area (Å²) in [5.41, 5.74) is 2.31. The average molecular weight is 443 g/mol. The van der Waals surface area contributed by atoms with Gasteiger partial charge in [-0.05, 0) is 61.8 Å². The lowest BCUT2D eigenvalue weighted by Gasteiger charge is -2.20. The van der Waals surface area contributed by atoms with Crippen LogP contribution in [-0.2, 0) is 27.7 Å². The summed E-state index contributed by atoms with van der Waals surface area (Å²) in [6.45, 7) is 1.91. The van der Waals surface area contributed by atoms with E-state index in [1.165, 1.54) is 5.56 Å². The molecule has 1 fully saturated rings. The number of rotatable bonds is 10. The van der Waals surface area contributed by atoms with Gasteiger partial charge in [-0.2, -0.15) is 4.31 Å². The number of nitrogens with zero attached hydrogens (tertiary/aromatic N) is 1. The number of carbonyl (C=O) groups excluding carboxylic acids is 1. The number of benzene rings is 2. The van der Waals surface area contributed by atoms with E-state index in [9.17, 15) is 13.2 Å². The lowest BCUT2D eigenvalue weighted by Crippen LogP contribution is -2.31. The summed E-state index contributed by atoms with van der Waals surface area (Å²) in [7, 11) is -3.42. The molecular formula is C25H34N2O3S. The summed E-state index contributed by atoms with van der Waals surface area (Å²) in [6, 6.07) is 17.4. The van der Waals surface area contributed by atoms with E-state index in [1.807, 2.05) is 30.3 Å². The number of hydrogen-bond donors (Lipinski definition) is 1. The van der Waals surface area contributed by atoms with E-state index < -0.39 is 10.0 Å². The van der Waals surface area contributed by atoms with Gasteiger partial charge in [0.2, 0.25) is 15.9 Å². The summed E-state index contributed by atoms with van der Waals surface area (Å²) in [4.78, 5) is 12.4. The molecule has 0 spiro atoms. The Balaban J connectivity index is 1.38. The zero-order valence-corrected chi connectivity index (χ0v) is 19.1. The van der Waals surface area contributed by atoms with Gasteiger partial charge in [-0.1, -0.05) is 55.3 Å². The molecule has 0 bridgehead atoms. The van der Waals surface area contributed by atoms with Gasteiger partial charge in [-0.15, -0.1) is 0 Å². The number of carbonyl (C=O) groups is 1. The maximum Gasteiger partial charge on any atom is 0.243 e. The quantitative estimate of drug-likeness (QED) is 0.557. The number of unbranched alkanes of at least 4 members (excludes halogenated alkanes) is 1. The molecule has 1 aliphatic heterocycles. The fraction of sp³-hybridized carbons (Fsp3) is 0.480. The summed E-state index contributed by atoms with van der Waals surface area (Å²) in [5.74, 6) is 0.0426. The Labute approximate surface area is 186 Å². The van der Waals surface area contributed by atoms with E-state index in [-0.39, 0.29) is 5.91 Å². The molecule has 1 heterocycles. The SMILES string of the molecule is O=C(CCc1ccc(S(=O)(=O)N2CCCCCC2)cc1)NCCCCc1ccccc1. The Kier molecular flexibility index (Phi) is 9.10. The number of aryl methyl sites for hydroxylation is 2. The zero-order chi connectivity index (χ0) is 21.9. The smallest absolute Gasteiger partial charge is 0.243 e. The van der Waals surface area contributed by atoms with Crippen LogP contribution in [0.2, 0.25) is 0 Å². The van der Waals surface area contributed by atoms with Gasteiger partial charge in [0.15, 0.2) is 0 Å². The van der Waals surface area contributed by atoms with E-state index in [0.29, 0.717) is 37.4 Å². The van der Waals surface area contributed by atoms with Crippen molar-refractivity contribution in [2.24, 2.45) is 0 Å². The van der Waals surface area contributed by atoms with Crippen molar-refractivity contribution in [2.75, 3.05) is 19.6 Å². The minimum atomic E-state index is -3.42. The fourth-order valence-corrected chi connectivity index (χ4v) is 5.45. The Morgan fingerprint density at radius 3 is 2.13 bits per heavy atom. The van der Waals surface area contributed by atoms with Crippen LogP contribution in [0.1, 0.15) is 56.1 Å². The second kappa shape index (κ2) is 12.0. The molecule has 1 amide bonds. The van der Waals surface area contributed by atoms with Crippen LogP contribution < -0.4 is 5.32 Å². The van der Waals surface area contributed by atoms with Gasteiger partial charge in [0.05, 0.1) is 4.90 Å². The average Bonchev–Trinajstić information content (AvgIpc) is 3.09. The largest absolute Gasteiger partial charge is 0.356 e. The third kappa shape index (κ3) is 7.47. The maximum atomic E-state index is 12.8. The second-order valence-electron chi connectivity index (χ2n) is 8.25. The zero-order valence-electron chi connectivity index (χ0n) is 18.3. The highest BCUT2D eigenvalue weighted by molar-refractivity contribution is 7.89. The van der Waals surface area contributed by atoms with Crippen molar-refractivity contribution in [3.05, 3.63) is 65.7 Å². The van der Waals surface area contributed by atoms with Gasteiger partial charge in [0, 0.05) is 26.1 Å². The van der Waals surface area contributed by atoms with Crippen LogP contribution in [0.3, 0.4) is 0 Å². The Bertz CT molecular complexity index is 904. The highest BCUT2D eigenvalue weighted by Crippen LogP contribution is 2.21. The molecule has 0 radical (unpaired) electrons. The lowest BCUT2D eigenvalue weighted by molar-refractivity contribution is -0.121. The number of nitrogens with one attached hydrogen (secondary N) is 1. The Morgan fingerprint density at radius 1 is 0.806 bits per heavy atom. The molecule has 1 aliphatic rings. The molecular weight excluding hydrogens is 408 g/mol. The van der Waals surface area contributed by atoms with Gasteiger partial charge >= 0.3 is 0 Å². The van der Waals surface area contributed by atoms with Gasteiger partial charge in [-0.3, -0.25) is 4.79 Å². The lowest BCUT2D eigenvalue weighted by atomic mass is 10.1. The van der Waals surface area contributed by atoms with Crippen molar-refractivity contribution in [2.45, 2.75) is 62.7 Å². The van der Waals surface area contributed by atoms with E-state index in [4.69, 9.17) is 0 Å². The van der Waals surface area contributed by atoms with Crippen LogP contribution in [0.25, 0.3) is 0 Å². The molecule has 2 aromatic rings. The highest BCUT2D eigenvalue weighted by Gasteiger charge is 2.24. The van der Waals surface area contributed by atoms with Crippen LogP contribution >= 0.6 is 0 Å². The highest BCUT2D eigenvalue weighted by atomic mass is 32.2. The molecule has 6 heteroatoms. The number of hydrogen-bond acceptors (Lipinski definition) is 3. The first-order valence-electron chi connectivity index (χ1n) is 11.5. The van der Waals surface area contributed by atoms with Crippen LogP contribution in [0.15, 0.2) is 59.5 Å². The van der Waals surface area contributed by atoms with Crippen LogP contribution in [-0.4, -0.2) is 38.3 Å². The third-order valence-corrected chi connectivity index (χ3v) is 7.74. The number of sulfonamides is 1. The second-order valence-corrected chi connectivity index (χ2v) is 10.2. The molecule has 31 heavy (non-hydrogen) atoms. The predicted molar refractivity (Wildman–Crippen MR) is 124 cm³/mol. The summed E-state index contributed by atoms with van der Waals surface area (Å²) >= 11 is 0. The first-order chi connectivity index (χ1) is 15.1. The molecule has 0 unspecified atom stereocenters. The van der Waals surface area contributed by atoms with Gasteiger partial charge in [0.1, 0.15) is 0 Å². The van der Waals surface area contributed by atoms with Crippen LogP contribution in [0.4, 0.5) is 0 Å². The van der Waals surface area contributed by atoms with E-state index in [1.54, 1.807) is 16.4 Å². The van der Waals surface area contributed by atoms with E-state index in [0.717, 1.165) is 50.5 Å². The van der Waals surface area contributed by atoms with E-state index in [2.05, 4.69) is 17.4 Å². The van der Waals surface area contributed by atoms with Crippen LogP contribution in [0, 0.1) is 0 Å². The van der Waals surface area contributed by atoms with Crippen molar-refractivity contribution < 1.29 is 13.2 Å². The summed E-state index contributed by atoms with van der Waals surface area (Å²) < 4.78 is 27.3. The first kappa shape index (κ1) is 23.5. The van der Waals surface area contributed by atoms with E-state index >= 15 is 0 Å². The molecule has 1 saturated heterocycles. The maximum absolute atomic E-state index is 12.8. The Morgan fingerprint density at radius 2 is 1.45 bits per heavy atom. The molecule has 1 N–H and O–H groups in total. The van der Waals surface area contributed by atoms with Gasteiger partial charge in [-0.25, -0.2) is 8.42 Å². The van der Waals surface area contributed by atoms with Crippen molar-refractivity contribution in [1.29, 1.82) is 0 Å². The van der Waals surface area contributed by atoms with Crippen molar-refractivity contribution in [3.8, 4) is 0 Å². The molecule has 0 aliphatic carbocycles. The molecule has 5 nitrogen and oxygen atoms in total. The molecule has 0 saturated carbocycles. The standard InChI is InChI=1S/C25H34N2O3S/c28-25(26-19-7-6-12-22-10-4-3-5-11-22)18-15-23-13-16-24(17-14-23)31(29,30)27-20-8-1-2-9-21-27/h3-5,10-11,13-14,16-17H,1-2,6-9,12,15,18-21H2,(H,26,28). The van der Waals surface area contributed by atoms with Crippen molar-refractivity contribution in [1.82, 2.24) is 9.62 Å². The predicted octanol–water partition coefficient (Wildman–Crippen LogP) is 4.32. The number of amides is 1. The molecule has 2 aromatic carbocycles. The minimum Gasteiger partial charge on any atom is -0.356 e. The summed E-state index contributed by atoms with van der Waals surface area (Å²) in [6.07, 6.45) is 8.12. The Hall–Kier alpha value is -2.18. The molecule has 3 rings (SSSR count). The van der Waals surface area contributed by atoms with Crippen molar-refractivity contribution >= 4 is 15.9 Å². The normalized spacial score (nSPS) is 15.4. The summed E-state index contributed by atoms with van der Waals surface area (Å²) in [5, 5.41) is 2.98. The van der Waals surface area contributed by atoms with Gasteiger partial charge < -0.3 is 5.32 Å². The minimum absolute atomic E-state index is 0.0426. The van der Waals surface area contributed by atoms with Crippen LogP contribution in [0.5, 0.6) is 0 Å². The third-order valence-electron chi connectivity index (χ3n) is 5.82. The van der Waals surface area contributed by atoms with Gasteiger partial charge in [0.25, 0.3) is 0 Å². The molecule has 0 aromatic heterocycles. The topological polar surface area (TPSA) is 66.5 Å². The van der Waals surface area contributed by atoms with Crippen molar-refractivity contribution in [3.63, 3.8) is 0 Å². The molecule has 168 valence electrons.